The van der Waals surface area contributed by atoms with E-state index in [1.807, 2.05) is 0 Å². The topological polar surface area (TPSA) is 88.7 Å². The number of aromatic nitrogens is 1. The summed E-state index contributed by atoms with van der Waals surface area (Å²) >= 11 is 1.31. The third kappa shape index (κ3) is 4.68. The van der Waals surface area contributed by atoms with Crippen molar-refractivity contribution < 1.29 is 14.6 Å². The van der Waals surface area contributed by atoms with Gasteiger partial charge in [0.25, 0.3) is 0 Å². The molecule has 1 rings (SSSR count). The lowest BCUT2D eigenvalue weighted by atomic mass is 10.3. The first kappa shape index (κ1) is 13.9. The van der Waals surface area contributed by atoms with Gasteiger partial charge in [-0.1, -0.05) is 0 Å². The highest BCUT2D eigenvalue weighted by Gasteiger charge is 2.15. The molecule has 1 atom stereocenters. The maximum absolute atomic E-state index is 11.8. The van der Waals surface area contributed by atoms with Crippen LogP contribution < -0.4 is 5.73 Å². The molecule has 0 bridgehead atoms. The molecular weight excluding hydrogens is 242 g/mol. The van der Waals surface area contributed by atoms with Gasteiger partial charge in [-0.2, -0.15) is 0 Å². The molecule has 7 heteroatoms. The van der Waals surface area contributed by atoms with E-state index in [-0.39, 0.29) is 25.5 Å². The molecule has 0 radical (unpaired) electrons. The number of hydrogen-bond acceptors (Lipinski definition) is 6. The number of aliphatic hydroxyl groups excluding tert-OH is 1. The summed E-state index contributed by atoms with van der Waals surface area (Å²) in [5.41, 5.74) is 6.13. The number of carbonyl (C=O) groups is 1. The monoisotopic (exact) mass is 259 g/mol. The van der Waals surface area contributed by atoms with E-state index >= 15 is 0 Å². The molecule has 1 amide bonds. The minimum atomic E-state index is -0.672. The fraction of sp³-hybridized carbons (Fsp3) is 0.600. The van der Waals surface area contributed by atoms with Crippen LogP contribution in [0.1, 0.15) is 5.69 Å². The molecule has 0 saturated carbocycles. The first-order valence-electron chi connectivity index (χ1n) is 5.13. The molecule has 0 aliphatic rings. The Hall–Kier alpha value is -1.18. The van der Waals surface area contributed by atoms with Crippen molar-refractivity contribution >= 4 is 22.4 Å². The van der Waals surface area contributed by atoms with Gasteiger partial charge >= 0.3 is 0 Å². The van der Waals surface area contributed by atoms with Crippen LogP contribution in [0.15, 0.2) is 5.38 Å². The number of aliphatic hydroxyl groups is 1. The number of hydrogen-bond donors (Lipinski definition) is 2. The van der Waals surface area contributed by atoms with Crippen molar-refractivity contribution in [2.24, 2.45) is 0 Å². The molecule has 1 heterocycles. The Kier molecular flexibility index (Phi) is 5.33. The summed E-state index contributed by atoms with van der Waals surface area (Å²) in [4.78, 5) is 17.2. The van der Waals surface area contributed by atoms with Crippen LogP contribution in [0.2, 0.25) is 0 Å². The first-order valence-corrected chi connectivity index (χ1v) is 6.01. The number of nitrogens with two attached hydrogens (primary N) is 1. The van der Waals surface area contributed by atoms with Gasteiger partial charge < -0.3 is 20.5 Å². The average molecular weight is 259 g/mol. The van der Waals surface area contributed by atoms with Crippen molar-refractivity contribution in [1.82, 2.24) is 9.88 Å². The third-order valence-electron chi connectivity index (χ3n) is 2.17. The van der Waals surface area contributed by atoms with E-state index in [0.29, 0.717) is 10.8 Å². The van der Waals surface area contributed by atoms with Crippen LogP contribution in [-0.2, 0) is 16.0 Å². The van der Waals surface area contributed by atoms with E-state index in [9.17, 15) is 9.90 Å². The predicted molar refractivity (Wildman–Crippen MR) is 65.8 cm³/mol. The number of likely N-dealkylation sites (N-methyl/N-ethyl adjacent to an activating group) is 1. The number of ether oxygens (including phenoxy) is 1. The Morgan fingerprint density at radius 1 is 1.76 bits per heavy atom. The van der Waals surface area contributed by atoms with Crippen LogP contribution in [-0.4, -0.2) is 54.3 Å². The number of nitrogen functional groups attached to an aromatic ring is 1. The highest BCUT2D eigenvalue weighted by atomic mass is 32.1. The Morgan fingerprint density at radius 3 is 3.00 bits per heavy atom. The van der Waals surface area contributed by atoms with Crippen molar-refractivity contribution in [3.8, 4) is 0 Å². The molecule has 1 unspecified atom stereocenters. The summed E-state index contributed by atoms with van der Waals surface area (Å²) in [5.74, 6) is -0.106. The fourth-order valence-electron chi connectivity index (χ4n) is 1.36. The summed E-state index contributed by atoms with van der Waals surface area (Å²) in [6.45, 7) is 0.452. The van der Waals surface area contributed by atoms with Gasteiger partial charge in [0.05, 0.1) is 24.8 Å². The number of amides is 1. The van der Waals surface area contributed by atoms with Gasteiger partial charge in [-0.05, 0) is 0 Å². The summed E-state index contributed by atoms with van der Waals surface area (Å²) in [6.07, 6.45) is -0.473. The lowest BCUT2D eigenvalue weighted by Crippen LogP contribution is -2.37. The second kappa shape index (κ2) is 6.53. The SMILES string of the molecule is COCC(O)CN(C)C(=O)Cc1csc(N)n1. The van der Waals surface area contributed by atoms with Crippen LogP contribution >= 0.6 is 11.3 Å². The standard InChI is InChI=1S/C10H17N3O3S/c1-13(4-8(14)5-16-2)9(15)3-7-6-17-10(11)12-7/h6,8,14H,3-5H2,1-2H3,(H2,11,12). The number of rotatable bonds is 6. The first-order chi connectivity index (χ1) is 8.02. The maximum atomic E-state index is 11.8. The Morgan fingerprint density at radius 2 is 2.47 bits per heavy atom. The number of nitrogens with zero attached hydrogens (tertiary/aromatic N) is 2. The second-order valence-corrected chi connectivity index (χ2v) is 4.63. The average Bonchev–Trinajstić information content (AvgIpc) is 2.64. The van der Waals surface area contributed by atoms with Crippen molar-refractivity contribution in [2.75, 3.05) is 33.0 Å². The summed E-state index contributed by atoms with van der Waals surface area (Å²) in [7, 11) is 3.14. The van der Waals surface area contributed by atoms with Gasteiger partial charge in [0.1, 0.15) is 0 Å². The number of methoxy groups -OCH3 is 1. The molecule has 96 valence electrons. The molecule has 3 N–H and O–H groups in total. The van der Waals surface area contributed by atoms with E-state index < -0.39 is 6.10 Å². The number of thiazole rings is 1. The highest BCUT2D eigenvalue weighted by molar-refractivity contribution is 7.13. The maximum Gasteiger partial charge on any atom is 0.228 e. The molecule has 1 aromatic heterocycles. The molecule has 0 saturated heterocycles. The molecule has 0 spiro atoms. The van der Waals surface area contributed by atoms with Gasteiger partial charge in [0.15, 0.2) is 5.13 Å². The van der Waals surface area contributed by atoms with Crippen molar-refractivity contribution in [1.29, 1.82) is 0 Å². The molecule has 0 aliphatic heterocycles. The molecule has 1 aromatic rings. The van der Waals surface area contributed by atoms with Crippen molar-refractivity contribution in [3.63, 3.8) is 0 Å². The summed E-state index contributed by atoms with van der Waals surface area (Å²) in [6, 6.07) is 0. The Labute approximate surface area is 104 Å². The highest BCUT2D eigenvalue weighted by Crippen LogP contribution is 2.12. The Bertz CT molecular complexity index is 369. The lowest BCUT2D eigenvalue weighted by Gasteiger charge is -2.20. The minimum absolute atomic E-state index is 0.106. The van der Waals surface area contributed by atoms with Crippen LogP contribution in [0, 0.1) is 0 Å². The summed E-state index contributed by atoms with van der Waals surface area (Å²) < 4.78 is 4.79. The van der Waals surface area contributed by atoms with Crippen LogP contribution in [0.3, 0.4) is 0 Å². The quantitative estimate of drug-likeness (QED) is 0.734. The van der Waals surface area contributed by atoms with E-state index in [0.717, 1.165) is 0 Å². The fourth-order valence-corrected chi connectivity index (χ4v) is 1.92. The molecule has 17 heavy (non-hydrogen) atoms. The smallest absolute Gasteiger partial charge is 0.228 e. The minimum Gasteiger partial charge on any atom is -0.389 e. The van der Waals surface area contributed by atoms with Gasteiger partial charge in [-0.15, -0.1) is 11.3 Å². The zero-order valence-corrected chi connectivity index (χ0v) is 10.7. The molecule has 0 aromatic carbocycles. The van der Waals surface area contributed by atoms with Crippen LogP contribution in [0.5, 0.6) is 0 Å². The third-order valence-corrected chi connectivity index (χ3v) is 2.89. The van der Waals surface area contributed by atoms with Gasteiger partial charge in [0.2, 0.25) is 5.91 Å². The van der Waals surface area contributed by atoms with E-state index in [4.69, 9.17) is 10.5 Å². The molecule has 0 fully saturated rings. The molecular formula is C10H17N3O3S. The van der Waals surface area contributed by atoms with E-state index in [2.05, 4.69) is 4.98 Å². The van der Waals surface area contributed by atoms with Gasteiger partial charge in [0, 0.05) is 26.1 Å². The zero-order valence-electron chi connectivity index (χ0n) is 9.92. The summed E-state index contributed by atoms with van der Waals surface area (Å²) in [5, 5.41) is 11.7. The van der Waals surface area contributed by atoms with Crippen LogP contribution in [0.4, 0.5) is 5.13 Å². The molecule has 6 nitrogen and oxygen atoms in total. The number of anilines is 1. The largest absolute Gasteiger partial charge is 0.389 e. The van der Waals surface area contributed by atoms with Crippen molar-refractivity contribution in [3.05, 3.63) is 11.1 Å². The van der Waals surface area contributed by atoms with Gasteiger partial charge in [-0.3, -0.25) is 4.79 Å². The second-order valence-electron chi connectivity index (χ2n) is 3.74. The van der Waals surface area contributed by atoms with E-state index in [1.54, 1.807) is 12.4 Å². The van der Waals surface area contributed by atoms with E-state index in [1.165, 1.54) is 23.3 Å². The Balaban J connectivity index is 2.41. The zero-order chi connectivity index (χ0) is 12.8. The normalized spacial score (nSPS) is 12.4. The predicted octanol–water partition coefficient (Wildman–Crippen LogP) is -0.266. The number of carbonyl (C=O) groups excluding carboxylic acids is 1. The van der Waals surface area contributed by atoms with Gasteiger partial charge in [-0.25, -0.2) is 4.98 Å². The lowest BCUT2D eigenvalue weighted by molar-refractivity contribution is -0.130. The molecule has 0 aliphatic carbocycles. The van der Waals surface area contributed by atoms with Crippen LogP contribution in [0.25, 0.3) is 0 Å². The van der Waals surface area contributed by atoms with Crippen molar-refractivity contribution in [2.45, 2.75) is 12.5 Å².